The van der Waals surface area contributed by atoms with Gasteiger partial charge >= 0.3 is 0 Å². The van der Waals surface area contributed by atoms with Crippen LogP contribution in [0.15, 0.2) is 18.2 Å². The molecule has 0 fully saturated rings. The van der Waals surface area contributed by atoms with E-state index in [0.29, 0.717) is 0 Å². The lowest BCUT2D eigenvalue weighted by Gasteiger charge is -2.02. The molecule has 2 N–H and O–H groups in total. The van der Waals surface area contributed by atoms with Crippen LogP contribution in [-0.4, -0.2) is 0 Å². The minimum atomic E-state index is -0.294. The molecule has 0 aliphatic carbocycles. The fourth-order valence-corrected chi connectivity index (χ4v) is 1.48. The molecule has 0 saturated carbocycles. The third kappa shape index (κ3) is 3.36. The Bertz CT molecular complexity index is 284. The quantitative estimate of drug-likeness (QED) is 0.564. The van der Waals surface area contributed by atoms with Gasteiger partial charge in [0.15, 0.2) is 0 Å². The second-order valence-electron chi connectivity index (χ2n) is 3.67. The van der Waals surface area contributed by atoms with Crippen LogP contribution in [0.1, 0.15) is 38.2 Å². The summed E-state index contributed by atoms with van der Waals surface area (Å²) in [6, 6.07) is 5.09. The highest BCUT2D eigenvalue weighted by Gasteiger charge is 1.99. The van der Waals surface area contributed by atoms with E-state index in [1.165, 1.54) is 19.3 Å². The molecule has 14 heavy (non-hydrogen) atoms. The van der Waals surface area contributed by atoms with Crippen LogP contribution in [0.4, 0.5) is 10.1 Å². The molecule has 0 heterocycles. The molecule has 0 saturated heterocycles. The molecule has 0 atom stereocenters. The number of nitrogens with two attached hydrogens (primary N) is 1. The van der Waals surface area contributed by atoms with Gasteiger partial charge in [-0.15, -0.1) is 0 Å². The highest BCUT2D eigenvalue weighted by Crippen LogP contribution is 2.14. The maximum Gasteiger partial charge on any atom is 0.146 e. The van der Waals surface area contributed by atoms with Gasteiger partial charge in [-0.1, -0.05) is 32.3 Å². The number of unbranched alkanes of at least 4 members (excludes halogenated alkanes) is 3. The Balaban J connectivity index is 2.39. The smallest absolute Gasteiger partial charge is 0.146 e. The number of halogens is 1. The van der Waals surface area contributed by atoms with E-state index in [0.717, 1.165) is 18.4 Å². The average Bonchev–Trinajstić information content (AvgIpc) is 2.18. The second kappa shape index (κ2) is 5.63. The van der Waals surface area contributed by atoms with Crippen molar-refractivity contribution in [3.63, 3.8) is 0 Å². The summed E-state index contributed by atoms with van der Waals surface area (Å²) >= 11 is 0. The van der Waals surface area contributed by atoms with Gasteiger partial charge in [0.2, 0.25) is 0 Å². The Morgan fingerprint density at radius 2 is 2.00 bits per heavy atom. The first-order valence-corrected chi connectivity index (χ1v) is 5.28. The van der Waals surface area contributed by atoms with E-state index in [-0.39, 0.29) is 11.5 Å². The number of aryl methyl sites for hydroxylation is 1. The van der Waals surface area contributed by atoms with Crippen molar-refractivity contribution in [3.8, 4) is 0 Å². The molecule has 0 unspecified atom stereocenters. The van der Waals surface area contributed by atoms with Crippen LogP contribution >= 0.6 is 0 Å². The number of hydrogen-bond donors (Lipinski definition) is 1. The maximum absolute atomic E-state index is 13.0. The Kier molecular flexibility index (Phi) is 4.44. The lowest BCUT2D eigenvalue weighted by atomic mass is 10.1. The number of nitrogen functional groups attached to an aromatic ring is 1. The monoisotopic (exact) mass is 195 g/mol. The molecule has 0 radical (unpaired) electrons. The van der Waals surface area contributed by atoms with E-state index in [1.807, 2.05) is 6.07 Å². The first kappa shape index (κ1) is 11.0. The van der Waals surface area contributed by atoms with Gasteiger partial charge in [-0.25, -0.2) is 4.39 Å². The molecule has 0 aromatic heterocycles. The first-order chi connectivity index (χ1) is 6.74. The molecule has 0 amide bonds. The van der Waals surface area contributed by atoms with Crippen molar-refractivity contribution in [2.45, 2.75) is 39.0 Å². The molecular formula is C12H18FN. The fraction of sp³-hybridized carbons (Fsp3) is 0.500. The van der Waals surface area contributed by atoms with E-state index in [2.05, 4.69) is 6.92 Å². The van der Waals surface area contributed by atoms with Gasteiger partial charge in [0, 0.05) is 0 Å². The van der Waals surface area contributed by atoms with Crippen molar-refractivity contribution in [1.82, 2.24) is 0 Å². The van der Waals surface area contributed by atoms with Crippen molar-refractivity contribution < 1.29 is 4.39 Å². The van der Waals surface area contributed by atoms with Crippen LogP contribution in [-0.2, 0) is 6.42 Å². The zero-order chi connectivity index (χ0) is 10.4. The summed E-state index contributed by atoms with van der Waals surface area (Å²) in [6.45, 7) is 2.18. The van der Waals surface area contributed by atoms with Crippen molar-refractivity contribution in [2.24, 2.45) is 0 Å². The van der Waals surface area contributed by atoms with Gasteiger partial charge in [-0.2, -0.15) is 0 Å². The largest absolute Gasteiger partial charge is 0.396 e. The summed E-state index contributed by atoms with van der Waals surface area (Å²) in [5, 5.41) is 0. The van der Waals surface area contributed by atoms with Crippen molar-refractivity contribution in [2.75, 3.05) is 5.73 Å². The van der Waals surface area contributed by atoms with E-state index < -0.39 is 0 Å². The van der Waals surface area contributed by atoms with Crippen LogP contribution in [0, 0.1) is 5.82 Å². The normalized spacial score (nSPS) is 10.4. The Morgan fingerprint density at radius 3 is 2.64 bits per heavy atom. The molecule has 0 bridgehead atoms. The Hall–Kier alpha value is -1.05. The molecule has 1 nitrogen and oxygen atoms in total. The summed E-state index contributed by atoms with van der Waals surface area (Å²) in [5.41, 5.74) is 6.68. The molecule has 2 heteroatoms. The van der Waals surface area contributed by atoms with Crippen molar-refractivity contribution in [1.29, 1.82) is 0 Å². The molecule has 1 rings (SSSR count). The SMILES string of the molecule is CCCCCCc1ccc(N)c(F)c1. The highest BCUT2D eigenvalue weighted by molar-refractivity contribution is 5.41. The third-order valence-electron chi connectivity index (χ3n) is 2.38. The van der Waals surface area contributed by atoms with E-state index in [9.17, 15) is 4.39 Å². The summed E-state index contributed by atoms with van der Waals surface area (Å²) < 4.78 is 13.0. The molecule has 0 aliphatic heterocycles. The average molecular weight is 195 g/mol. The van der Waals surface area contributed by atoms with E-state index >= 15 is 0 Å². The standard InChI is InChI=1S/C12H18FN/c1-2-3-4-5-6-10-7-8-12(14)11(13)9-10/h7-9H,2-6,14H2,1H3. The van der Waals surface area contributed by atoms with Gasteiger partial charge in [0.25, 0.3) is 0 Å². The molecular weight excluding hydrogens is 177 g/mol. The molecule has 0 aliphatic rings. The zero-order valence-electron chi connectivity index (χ0n) is 8.72. The number of benzene rings is 1. The van der Waals surface area contributed by atoms with Gasteiger partial charge in [-0.3, -0.25) is 0 Å². The number of anilines is 1. The van der Waals surface area contributed by atoms with Crippen LogP contribution in [0.3, 0.4) is 0 Å². The van der Waals surface area contributed by atoms with Crippen molar-refractivity contribution >= 4 is 5.69 Å². The lowest BCUT2D eigenvalue weighted by Crippen LogP contribution is -1.93. The number of hydrogen-bond acceptors (Lipinski definition) is 1. The molecule has 78 valence electrons. The first-order valence-electron chi connectivity index (χ1n) is 5.28. The van der Waals surface area contributed by atoms with Crippen LogP contribution in [0.25, 0.3) is 0 Å². The maximum atomic E-state index is 13.0. The topological polar surface area (TPSA) is 26.0 Å². The lowest BCUT2D eigenvalue weighted by molar-refractivity contribution is 0.625. The summed E-state index contributed by atoms with van der Waals surface area (Å²) in [6.07, 6.45) is 5.81. The van der Waals surface area contributed by atoms with E-state index in [1.54, 1.807) is 12.1 Å². The van der Waals surface area contributed by atoms with E-state index in [4.69, 9.17) is 5.73 Å². The zero-order valence-corrected chi connectivity index (χ0v) is 8.72. The Morgan fingerprint density at radius 1 is 1.21 bits per heavy atom. The molecule has 1 aromatic rings. The van der Waals surface area contributed by atoms with Crippen molar-refractivity contribution in [3.05, 3.63) is 29.6 Å². The summed E-state index contributed by atoms with van der Waals surface area (Å²) in [7, 11) is 0. The predicted octanol–water partition coefficient (Wildman–Crippen LogP) is 3.53. The second-order valence-corrected chi connectivity index (χ2v) is 3.67. The van der Waals surface area contributed by atoms with Gasteiger partial charge in [0.1, 0.15) is 5.82 Å². The molecule has 1 aromatic carbocycles. The van der Waals surface area contributed by atoms with Gasteiger partial charge in [-0.05, 0) is 30.5 Å². The van der Waals surface area contributed by atoms with Crippen LogP contribution in [0.2, 0.25) is 0 Å². The highest BCUT2D eigenvalue weighted by atomic mass is 19.1. The van der Waals surface area contributed by atoms with Gasteiger partial charge < -0.3 is 5.73 Å². The summed E-state index contributed by atoms with van der Waals surface area (Å²) in [5.74, 6) is -0.294. The minimum Gasteiger partial charge on any atom is -0.396 e. The third-order valence-corrected chi connectivity index (χ3v) is 2.38. The van der Waals surface area contributed by atoms with Crippen LogP contribution in [0.5, 0.6) is 0 Å². The minimum absolute atomic E-state index is 0.238. The fourth-order valence-electron chi connectivity index (χ4n) is 1.48. The van der Waals surface area contributed by atoms with Crippen LogP contribution < -0.4 is 5.73 Å². The molecule has 0 spiro atoms. The summed E-state index contributed by atoms with van der Waals surface area (Å²) in [4.78, 5) is 0. The predicted molar refractivity (Wildman–Crippen MR) is 58.7 cm³/mol. The Labute approximate surface area is 85.1 Å². The van der Waals surface area contributed by atoms with Gasteiger partial charge in [0.05, 0.1) is 5.69 Å². The number of rotatable bonds is 5.